The Labute approximate surface area is 182 Å². The number of carbonyl (C=O) groups excluding carboxylic acids is 1. The van der Waals surface area contributed by atoms with Gasteiger partial charge in [0.25, 0.3) is 0 Å². The standard InChI is InChI=1S/C25H28N4O2/c1-17-15-21(19(3)29(17)18(2)20-9-5-4-6-10-20)24(31)16-28-23-12-8-7-11-22(23)27-25(28)26-13-14-30/h4-12,15,18,30H,13-14,16H2,1-3H3,(H,26,27). The van der Waals surface area contributed by atoms with Crippen LogP contribution in [0.4, 0.5) is 5.95 Å². The van der Waals surface area contributed by atoms with Gasteiger partial charge in [0.05, 0.1) is 30.2 Å². The van der Waals surface area contributed by atoms with Crippen LogP contribution < -0.4 is 5.32 Å². The highest BCUT2D eigenvalue weighted by Crippen LogP contribution is 2.27. The zero-order valence-corrected chi connectivity index (χ0v) is 18.2. The van der Waals surface area contributed by atoms with Gasteiger partial charge >= 0.3 is 0 Å². The SMILES string of the molecule is Cc1cc(C(=O)Cn2c(NCCO)nc3ccccc32)c(C)n1C(C)c1ccccc1. The Morgan fingerprint density at radius 2 is 1.81 bits per heavy atom. The van der Waals surface area contributed by atoms with Gasteiger partial charge in [-0.05, 0) is 44.5 Å². The maximum Gasteiger partial charge on any atom is 0.204 e. The molecule has 160 valence electrons. The van der Waals surface area contributed by atoms with Crippen LogP contribution in [0.2, 0.25) is 0 Å². The molecule has 2 aromatic carbocycles. The number of nitrogens with zero attached hydrogens (tertiary/aromatic N) is 3. The van der Waals surface area contributed by atoms with Crippen LogP contribution in [0.1, 0.15) is 40.3 Å². The van der Waals surface area contributed by atoms with Crippen molar-refractivity contribution in [2.45, 2.75) is 33.4 Å². The first-order valence-corrected chi connectivity index (χ1v) is 10.6. The Balaban J connectivity index is 1.67. The number of ketones is 1. The molecule has 6 nitrogen and oxygen atoms in total. The van der Waals surface area contributed by atoms with Crippen molar-refractivity contribution < 1.29 is 9.90 Å². The Hall–Kier alpha value is -3.38. The summed E-state index contributed by atoms with van der Waals surface area (Å²) >= 11 is 0. The fourth-order valence-electron chi connectivity index (χ4n) is 4.30. The van der Waals surface area contributed by atoms with Crippen molar-refractivity contribution >= 4 is 22.8 Å². The first kappa shape index (κ1) is 20.9. The van der Waals surface area contributed by atoms with Crippen LogP contribution in [-0.2, 0) is 6.54 Å². The molecule has 1 atom stereocenters. The van der Waals surface area contributed by atoms with E-state index >= 15 is 0 Å². The van der Waals surface area contributed by atoms with Crippen LogP contribution in [0.15, 0.2) is 60.7 Å². The average Bonchev–Trinajstić information content (AvgIpc) is 3.28. The maximum atomic E-state index is 13.4. The smallest absolute Gasteiger partial charge is 0.204 e. The van der Waals surface area contributed by atoms with Gasteiger partial charge in [0.2, 0.25) is 5.95 Å². The Kier molecular flexibility index (Phi) is 5.91. The van der Waals surface area contributed by atoms with E-state index in [9.17, 15) is 9.90 Å². The quantitative estimate of drug-likeness (QED) is 0.419. The number of Topliss-reactive ketones (excluding diaryl/α,β-unsaturated/α-hetero) is 1. The number of aliphatic hydroxyl groups excluding tert-OH is 1. The van der Waals surface area contributed by atoms with Gasteiger partial charge in [-0.3, -0.25) is 4.79 Å². The molecule has 4 aromatic rings. The van der Waals surface area contributed by atoms with E-state index in [0.29, 0.717) is 12.5 Å². The minimum Gasteiger partial charge on any atom is -0.395 e. The Morgan fingerprint density at radius 1 is 1.10 bits per heavy atom. The summed E-state index contributed by atoms with van der Waals surface area (Å²) in [6.45, 7) is 6.76. The fourth-order valence-corrected chi connectivity index (χ4v) is 4.30. The van der Waals surface area contributed by atoms with Crippen molar-refractivity contribution in [1.82, 2.24) is 14.1 Å². The molecule has 0 saturated carbocycles. The highest BCUT2D eigenvalue weighted by molar-refractivity contribution is 5.98. The van der Waals surface area contributed by atoms with Crippen molar-refractivity contribution in [3.8, 4) is 0 Å². The summed E-state index contributed by atoms with van der Waals surface area (Å²) in [6, 6.07) is 20.2. The van der Waals surface area contributed by atoms with Crippen LogP contribution in [0.3, 0.4) is 0 Å². The van der Waals surface area contributed by atoms with Crippen LogP contribution in [-0.4, -0.2) is 38.2 Å². The summed E-state index contributed by atoms with van der Waals surface area (Å²) in [4.78, 5) is 18.0. The molecule has 0 amide bonds. The van der Waals surface area contributed by atoms with E-state index < -0.39 is 0 Å². The van der Waals surface area contributed by atoms with E-state index in [0.717, 1.165) is 28.0 Å². The normalized spacial score (nSPS) is 12.3. The topological polar surface area (TPSA) is 72.1 Å². The number of fused-ring (bicyclic) bond motifs is 1. The van der Waals surface area contributed by atoms with Crippen molar-refractivity contribution in [1.29, 1.82) is 0 Å². The molecule has 0 spiro atoms. The van der Waals surface area contributed by atoms with Crippen molar-refractivity contribution in [3.05, 3.63) is 83.2 Å². The zero-order valence-electron chi connectivity index (χ0n) is 18.2. The second-order valence-corrected chi connectivity index (χ2v) is 7.83. The van der Waals surface area contributed by atoms with Gasteiger partial charge in [0.15, 0.2) is 5.78 Å². The molecule has 0 saturated heterocycles. The molecular weight excluding hydrogens is 388 g/mol. The molecule has 2 aromatic heterocycles. The molecule has 0 bridgehead atoms. The predicted molar refractivity (Wildman–Crippen MR) is 124 cm³/mol. The number of hydrogen-bond acceptors (Lipinski definition) is 4. The lowest BCUT2D eigenvalue weighted by molar-refractivity contribution is 0.0973. The van der Waals surface area contributed by atoms with Crippen LogP contribution >= 0.6 is 0 Å². The van der Waals surface area contributed by atoms with Gasteiger partial charge < -0.3 is 19.6 Å². The van der Waals surface area contributed by atoms with Crippen LogP contribution in [0.25, 0.3) is 11.0 Å². The van der Waals surface area contributed by atoms with E-state index in [2.05, 4.69) is 33.9 Å². The summed E-state index contributed by atoms with van der Waals surface area (Å²) in [6.07, 6.45) is 0. The molecule has 0 fully saturated rings. The van der Waals surface area contributed by atoms with Crippen LogP contribution in [0.5, 0.6) is 0 Å². The number of rotatable bonds is 8. The molecular formula is C25H28N4O2. The van der Waals surface area contributed by atoms with Gasteiger partial charge in [-0.2, -0.15) is 0 Å². The number of benzene rings is 2. The number of aliphatic hydroxyl groups is 1. The van der Waals surface area contributed by atoms with Crippen molar-refractivity contribution in [2.75, 3.05) is 18.5 Å². The lowest BCUT2D eigenvalue weighted by Gasteiger charge is -2.19. The number of carbonyl (C=O) groups is 1. The number of aryl methyl sites for hydroxylation is 1. The second kappa shape index (κ2) is 8.78. The van der Waals surface area contributed by atoms with Gasteiger partial charge in [-0.25, -0.2) is 4.98 Å². The molecule has 1 unspecified atom stereocenters. The zero-order chi connectivity index (χ0) is 22.0. The van der Waals surface area contributed by atoms with E-state index in [4.69, 9.17) is 0 Å². The lowest BCUT2D eigenvalue weighted by atomic mass is 10.1. The maximum absolute atomic E-state index is 13.4. The summed E-state index contributed by atoms with van der Waals surface area (Å²) in [5.74, 6) is 0.630. The molecule has 4 rings (SSSR count). The number of imidazole rings is 1. The minimum absolute atomic E-state index is 0.00429. The monoisotopic (exact) mass is 416 g/mol. The molecule has 0 aliphatic carbocycles. The van der Waals surface area contributed by atoms with E-state index in [1.807, 2.05) is 66.9 Å². The van der Waals surface area contributed by atoms with Gasteiger partial charge in [0.1, 0.15) is 0 Å². The van der Waals surface area contributed by atoms with E-state index in [1.54, 1.807) is 0 Å². The van der Waals surface area contributed by atoms with Gasteiger partial charge in [-0.15, -0.1) is 0 Å². The summed E-state index contributed by atoms with van der Waals surface area (Å²) in [5.41, 5.74) is 5.67. The average molecular weight is 417 g/mol. The summed E-state index contributed by atoms with van der Waals surface area (Å²) < 4.78 is 4.11. The number of aromatic nitrogens is 3. The van der Waals surface area contributed by atoms with Crippen molar-refractivity contribution in [2.24, 2.45) is 0 Å². The first-order chi connectivity index (χ1) is 15.0. The second-order valence-electron chi connectivity index (χ2n) is 7.83. The van der Waals surface area contributed by atoms with E-state index in [1.165, 1.54) is 5.56 Å². The largest absolute Gasteiger partial charge is 0.395 e. The molecule has 31 heavy (non-hydrogen) atoms. The van der Waals surface area contributed by atoms with Crippen molar-refractivity contribution in [3.63, 3.8) is 0 Å². The predicted octanol–water partition coefficient (Wildman–Crippen LogP) is 4.35. The molecule has 0 radical (unpaired) electrons. The first-order valence-electron chi connectivity index (χ1n) is 10.6. The molecule has 2 N–H and O–H groups in total. The highest BCUT2D eigenvalue weighted by atomic mass is 16.3. The summed E-state index contributed by atoms with van der Waals surface area (Å²) in [7, 11) is 0. The fraction of sp³-hybridized carbons (Fsp3) is 0.280. The van der Waals surface area contributed by atoms with Gasteiger partial charge in [0, 0.05) is 23.5 Å². The Morgan fingerprint density at radius 3 is 2.55 bits per heavy atom. The molecule has 6 heteroatoms. The van der Waals surface area contributed by atoms with Gasteiger partial charge in [-0.1, -0.05) is 42.5 Å². The number of anilines is 1. The third kappa shape index (κ3) is 3.99. The van der Waals surface area contributed by atoms with E-state index in [-0.39, 0.29) is 25.0 Å². The molecule has 0 aliphatic rings. The number of nitrogens with one attached hydrogen (secondary N) is 1. The summed E-state index contributed by atoms with van der Waals surface area (Å²) in [5, 5.41) is 12.3. The minimum atomic E-state index is -0.00429. The number of para-hydroxylation sites is 2. The number of hydrogen-bond donors (Lipinski definition) is 2. The third-order valence-electron chi connectivity index (χ3n) is 5.81. The Bertz CT molecular complexity index is 1210. The molecule has 2 heterocycles. The third-order valence-corrected chi connectivity index (χ3v) is 5.81. The lowest BCUT2D eigenvalue weighted by Crippen LogP contribution is -2.17. The highest BCUT2D eigenvalue weighted by Gasteiger charge is 2.21. The molecule has 0 aliphatic heterocycles. The van der Waals surface area contributed by atoms with Crippen LogP contribution in [0, 0.1) is 13.8 Å².